The molecule has 0 amide bonds. The van der Waals surface area contributed by atoms with Crippen LogP contribution in [0.25, 0.3) is 0 Å². The quantitative estimate of drug-likeness (QED) is 0.459. The van der Waals surface area contributed by atoms with Crippen LogP contribution in [-0.2, 0) is 6.42 Å². The van der Waals surface area contributed by atoms with Crippen LogP contribution >= 0.6 is 12.2 Å². The molecule has 1 N–H and O–H groups in total. The number of benzene rings is 1. The van der Waals surface area contributed by atoms with E-state index in [0.717, 1.165) is 5.56 Å². The van der Waals surface area contributed by atoms with Crippen LogP contribution in [0.1, 0.15) is 11.1 Å². The van der Waals surface area contributed by atoms with Crippen molar-refractivity contribution in [3.8, 4) is 6.19 Å². The van der Waals surface area contributed by atoms with Gasteiger partial charge < -0.3 is 0 Å². The van der Waals surface area contributed by atoms with Crippen LogP contribution < -0.4 is 5.32 Å². The van der Waals surface area contributed by atoms with Gasteiger partial charge in [0.25, 0.3) is 0 Å². The number of hydrogen-bond acceptors (Lipinski definition) is 2. The number of hydrogen-bond donors (Lipinski definition) is 1. The zero-order valence-corrected chi connectivity index (χ0v) is 8.49. The highest BCUT2D eigenvalue weighted by molar-refractivity contribution is 7.80. The Labute approximate surface area is 87.4 Å². The number of nitriles is 1. The molecule has 4 heteroatoms. The van der Waals surface area contributed by atoms with E-state index in [0.29, 0.717) is 17.0 Å². The summed E-state index contributed by atoms with van der Waals surface area (Å²) in [5.74, 6) is -0.248. The van der Waals surface area contributed by atoms with E-state index in [1.165, 1.54) is 6.07 Å². The van der Waals surface area contributed by atoms with Crippen molar-refractivity contribution < 1.29 is 4.39 Å². The van der Waals surface area contributed by atoms with Crippen molar-refractivity contribution in [1.82, 2.24) is 5.32 Å². The highest BCUT2D eigenvalue weighted by Gasteiger charge is 2.05. The maximum Gasteiger partial charge on any atom is 0.181 e. The monoisotopic (exact) mass is 208 g/mol. The number of nitrogens with one attached hydrogen (secondary N) is 1. The van der Waals surface area contributed by atoms with Crippen LogP contribution in [0.4, 0.5) is 4.39 Å². The topological polar surface area (TPSA) is 35.8 Å². The van der Waals surface area contributed by atoms with Crippen molar-refractivity contribution in [3.63, 3.8) is 0 Å². The van der Waals surface area contributed by atoms with Gasteiger partial charge in [-0.25, -0.2) is 4.39 Å². The highest BCUT2D eigenvalue weighted by atomic mass is 32.1. The molecule has 0 atom stereocenters. The standard InChI is InChI=1S/C10H9FN2S/c1-7-8(3-2-4-9(7)11)5-10(14)13-6-12/h2-4H,5H2,1H3,(H,13,14). The fraction of sp³-hybridized carbons (Fsp3) is 0.200. The molecule has 0 saturated heterocycles. The fourth-order valence-corrected chi connectivity index (χ4v) is 1.32. The summed E-state index contributed by atoms with van der Waals surface area (Å²) in [6.45, 7) is 1.69. The Morgan fingerprint density at radius 1 is 1.64 bits per heavy atom. The average Bonchev–Trinajstić information content (AvgIpc) is 2.13. The molecular weight excluding hydrogens is 199 g/mol. The largest absolute Gasteiger partial charge is 0.286 e. The molecule has 0 radical (unpaired) electrons. The molecular formula is C10H9FN2S. The lowest BCUT2D eigenvalue weighted by atomic mass is 10.1. The molecule has 0 unspecified atom stereocenters. The van der Waals surface area contributed by atoms with Gasteiger partial charge in [-0.3, -0.25) is 5.32 Å². The summed E-state index contributed by atoms with van der Waals surface area (Å²) in [4.78, 5) is 0.404. The molecule has 1 rings (SSSR count). The normalized spacial score (nSPS) is 9.21. The van der Waals surface area contributed by atoms with Crippen molar-refractivity contribution in [2.24, 2.45) is 0 Å². The molecule has 0 fully saturated rings. The first-order chi connectivity index (χ1) is 6.65. The molecule has 14 heavy (non-hydrogen) atoms. The van der Waals surface area contributed by atoms with Crippen LogP contribution in [0.15, 0.2) is 18.2 Å². The van der Waals surface area contributed by atoms with Gasteiger partial charge in [-0.2, -0.15) is 5.26 Å². The highest BCUT2D eigenvalue weighted by Crippen LogP contribution is 2.12. The Kier molecular flexibility index (Phi) is 3.55. The summed E-state index contributed by atoms with van der Waals surface area (Å²) in [5, 5.41) is 10.7. The van der Waals surface area contributed by atoms with E-state index in [1.54, 1.807) is 25.2 Å². The Bertz CT molecular complexity index is 396. The first-order valence-corrected chi connectivity index (χ1v) is 4.48. The molecule has 0 bridgehead atoms. The molecule has 1 aromatic carbocycles. The lowest BCUT2D eigenvalue weighted by Gasteiger charge is -2.05. The minimum atomic E-state index is -0.248. The smallest absolute Gasteiger partial charge is 0.181 e. The van der Waals surface area contributed by atoms with Crippen molar-refractivity contribution in [3.05, 3.63) is 35.1 Å². The second-order valence-electron chi connectivity index (χ2n) is 2.86. The SMILES string of the molecule is Cc1c(F)cccc1CC(=S)NC#N. The number of rotatable bonds is 2. The molecule has 0 aromatic heterocycles. The molecule has 1 aromatic rings. The van der Waals surface area contributed by atoms with E-state index >= 15 is 0 Å². The summed E-state index contributed by atoms with van der Waals surface area (Å²) in [6.07, 6.45) is 2.13. The maximum atomic E-state index is 13.1. The van der Waals surface area contributed by atoms with E-state index in [2.05, 4.69) is 5.32 Å². The Hall–Kier alpha value is -1.47. The summed E-state index contributed by atoms with van der Waals surface area (Å²) in [5.41, 5.74) is 1.38. The number of nitrogens with zero attached hydrogens (tertiary/aromatic N) is 1. The molecule has 0 heterocycles. The van der Waals surface area contributed by atoms with Crippen molar-refractivity contribution in [1.29, 1.82) is 5.26 Å². The maximum absolute atomic E-state index is 13.1. The minimum absolute atomic E-state index is 0.248. The summed E-state index contributed by atoms with van der Waals surface area (Å²) >= 11 is 4.88. The second kappa shape index (κ2) is 4.68. The van der Waals surface area contributed by atoms with Crippen molar-refractivity contribution in [2.45, 2.75) is 13.3 Å². The Morgan fingerprint density at radius 3 is 3.00 bits per heavy atom. The molecule has 0 aliphatic heterocycles. The molecule has 2 nitrogen and oxygen atoms in total. The predicted octanol–water partition coefficient (Wildman–Crippen LogP) is 2.07. The third-order valence-corrected chi connectivity index (χ3v) is 2.17. The molecule has 0 saturated carbocycles. The fourth-order valence-electron chi connectivity index (χ4n) is 1.12. The van der Waals surface area contributed by atoms with E-state index in [4.69, 9.17) is 17.5 Å². The minimum Gasteiger partial charge on any atom is -0.286 e. The Morgan fingerprint density at radius 2 is 2.36 bits per heavy atom. The van der Waals surface area contributed by atoms with Crippen LogP contribution in [0.3, 0.4) is 0 Å². The van der Waals surface area contributed by atoms with Gasteiger partial charge in [0.1, 0.15) is 5.82 Å². The van der Waals surface area contributed by atoms with Gasteiger partial charge in [-0.05, 0) is 24.1 Å². The second-order valence-corrected chi connectivity index (χ2v) is 3.35. The zero-order valence-electron chi connectivity index (χ0n) is 7.67. The van der Waals surface area contributed by atoms with Crippen LogP contribution in [-0.4, -0.2) is 4.99 Å². The molecule has 0 aliphatic carbocycles. The summed E-state index contributed by atoms with van der Waals surface area (Å²) in [6, 6.07) is 4.83. The third kappa shape index (κ3) is 2.51. The molecule has 0 spiro atoms. The summed E-state index contributed by atoms with van der Waals surface area (Å²) in [7, 11) is 0. The van der Waals surface area contributed by atoms with Gasteiger partial charge in [-0.1, -0.05) is 24.4 Å². The van der Waals surface area contributed by atoms with E-state index < -0.39 is 0 Å². The van der Waals surface area contributed by atoms with Crippen LogP contribution in [0, 0.1) is 24.2 Å². The van der Waals surface area contributed by atoms with E-state index in [9.17, 15) is 4.39 Å². The van der Waals surface area contributed by atoms with E-state index in [1.807, 2.05) is 0 Å². The van der Waals surface area contributed by atoms with Crippen LogP contribution in [0.5, 0.6) is 0 Å². The van der Waals surface area contributed by atoms with Gasteiger partial charge >= 0.3 is 0 Å². The van der Waals surface area contributed by atoms with Crippen LogP contribution in [0.2, 0.25) is 0 Å². The van der Waals surface area contributed by atoms with Crippen molar-refractivity contribution >= 4 is 17.2 Å². The number of halogens is 1. The van der Waals surface area contributed by atoms with Gasteiger partial charge in [0, 0.05) is 6.42 Å². The van der Waals surface area contributed by atoms with E-state index in [-0.39, 0.29) is 5.82 Å². The predicted molar refractivity (Wildman–Crippen MR) is 56.2 cm³/mol. The summed E-state index contributed by atoms with van der Waals surface area (Å²) < 4.78 is 13.1. The number of thiocarbonyl (C=S) groups is 1. The lowest BCUT2D eigenvalue weighted by Crippen LogP contribution is -2.17. The molecule has 0 aliphatic rings. The van der Waals surface area contributed by atoms with Crippen molar-refractivity contribution in [2.75, 3.05) is 0 Å². The van der Waals surface area contributed by atoms with Gasteiger partial charge in [-0.15, -0.1) is 0 Å². The van der Waals surface area contributed by atoms with Gasteiger partial charge in [0.2, 0.25) is 0 Å². The lowest BCUT2D eigenvalue weighted by molar-refractivity contribution is 0.616. The first kappa shape index (κ1) is 10.6. The molecule has 72 valence electrons. The first-order valence-electron chi connectivity index (χ1n) is 4.07. The zero-order chi connectivity index (χ0) is 10.6. The van der Waals surface area contributed by atoms with Gasteiger partial charge in [0.15, 0.2) is 6.19 Å². The third-order valence-electron chi connectivity index (χ3n) is 1.93. The average molecular weight is 208 g/mol. The van der Waals surface area contributed by atoms with Gasteiger partial charge in [0.05, 0.1) is 4.99 Å². The Balaban J connectivity index is 2.83.